The van der Waals surface area contributed by atoms with Gasteiger partial charge in [-0.1, -0.05) is 61.1 Å². The second-order valence-electron chi connectivity index (χ2n) is 6.92. The summed E-state index contributed by atoms with van der Waals surface area (Å²) in [6, 6.07) is 13.9. The monoisotopic (exact) mass is 469 g/mol. The van der Waals surface area contributed by atoms with E-state index in [9.17, 15) is 9.59 Å². The zero-order valence-corrected chi connectivity index (χ0v) is 19.0. The molecule has 0 aliphatic carbocycles. The van der Waals surface area contributed by atoms with E-state index in [-0.39, 0.29) is 16.9 Å². The number of fused-ring (bicyclic) bond motifs is 1. The van der Waals surface area contributed by atoms with Gasteiger partial charge in [0.25, 0.3) is 5.91 Å². The Morgan fingerprint density at radius 1 is 1.16 bits per heavy atom. The highest BCUT2D eigenvalue weighted by Gasteiger charge is 2.26. The topological polar surface area (TPSA) is 94.3 Å². The molecule has 0 fully saturated rings. The number of rotatable bonds is 7. The van der Waals surface area contributed by atoms with E-state index in [2.05, 4.69) is 15.5 Å². The Bertz CT molecular complexity index is 1330. The van der Waals surface area contributed by atoms with Crippen molar-refractivity contribution in [3.63, 3.8) is 0 Å². The minimum atomic E-state index is -0.950. The number of ether oxygens (including phenoxy) is 1. The van der Waals surface area contributed by atoms with E-state index in [0.29, 0.717) is 33.1 Å². The summed E-state index contributed by atoms with van der Waals surface area (Å²) in [5, 5.41) is 12.6. The van der Waals surface area contributed by atoms with Crippen molar-refractivity contribution in [3.8, 4) is 17.1 Å². The van der Waals surface area contributed by atoms with Crippen LogP contribution in [0.4, 0.5) is 5.13 Å². The van der Waals surface area contributed by atoms with Gasteiger partial charge >= 0.3 is 0 Å². The van der Waals surface area contributed by atoms with E-state index in [4.69, 9.17) is 20.8 Å². The van der Waals surface area contributed by atoms with Crippen LogP contribution in [0.2, 0.25) is 5.02 Å². The number of benzene rings is 2. The van der Waals surface area contributed by atoms with Crippen molar-refractivity contribution in [1.82, 2.24) is 10.2 Å². The normalized spacial score (nSPS) is 12.0. The predicted octanol–water partition coefficient (Wildman–Crippen LogP) is 5.32. The number of anilines is 1. The van der Waals surface area contributed by atoms with Crippen LogP contribution in [0.5, 0.6) is 5.75 Å². The summed E-state index contributed by atoms with van der Waals surface area (Å²) in [4.78, 5) is 26.2. The number of hydrogen-bond acceptors (Lipinski definition) is 7. The Balaban J connectivity index is 1.75. The van der Waals surface area contributed by atoms with Crippen LogP contribution < -0.4 is 15.5 Å². The molecule has 1 atom stereocenters. The summed E-state index contributed by atoms with van der Waals surface area (Å²) in [5.41, 5.74) is 0.523. The number of halogens is 1. The van der Waals surface area contributed by atoms with Crippen LogP contribution in [0, 0.1) is 0 Å². The first kappa shape index (κ1) is 22.0. The molecule has 9 heteroatoms. The number of nitrogens with zero attached hydrogens (tertiary/aromatic N) is 2. The van der Waals surface area contributed by atoms with E-state index in [0.717, 1.165) is 11.4 Å². The van der Waals surface area contributed by atoms with Gasteiger partial charge in [0.15, 0.2) is 11.9 Å². The third kappa shape index (κ3) is 4.37. The van der Waals surface area contributed by atoms with Gasteiger partial charge in [-0.15, -0.1) is 10.2 Å². The first-order valence-corrected chi connectivity index (χ1v) is 11.3. The van der Waals surface area contributed by atoms with Crippen LogP contribution in [0.1, 0.15) is 25.3 Å². The first-order chi connectivity index (χ1) is 15.5. The van der Waals surface area contributed by atoms with Crippen molar-refractivity contribution in [2.45, 2.75) is 32.8 Å². The van der Waals surface area contributed by atoms with Gasteiger partial charge in [0.2, 0.25) is 16.3 Å². The van der Waals surface area contributed by atoms with Crippen LogP contribution in [0.3, 0.4) is 0 Å². The van der Waals surface area contributed by atoms with Crippen molar-refractivity contribution in [1.29, 1.82) is 0 Å². The lowest BCUT2D eigenvalue weighted by atomic mass is 10.1. The van der Waals surface area contributed by atoms with Gasteiger partial charge in [0.05, 0.1) is 10.4 Å². The molecule has 4 rings (SSSR count). The second-order valence-corrected chi connectivity index (χ2v) is 8.39. The second kappa shape index (κ2) is 9.50. The fourth-order valence-corrected chi connectivity index (χ4v) is 4.06. The van der Waals surface area contributed by atoms with E-state index in [1.54, 1.807) is 55.5 Å². The molecule has 0 saturated heterocycles. The minimum Gasteiger partial charge on any atom is -0.473 e. The summed E-state index contributed by atoms with van der Waals surface area (Å²) < 4.78 is 12.0. The Labute approximate surface area is 193 Å². The van der Waals surface area contributed by atoms with Gasteiger partial charge < -0.3 is 9.15 Å². The molecule has 2 aromatic heterocycles. The van der Waals surface area contributed by atoms with E-state index < -0.39 is 12.0 Å². The van der Waals surface area contributed by atoms with Gasteiger partial charge in [-0.2, -0.15) is 0 Å². The summed E-state index contributed by atoms with van der Waals surface area (Å²) in [6.07, 6.45) is 0.0920. The summed E-state index contributed by atoms with van der Waals surface area (Å²) in [7, 11) is 0. The first-order valence-electron chi connectivity index (χ1n) is 10.1. The van der Waals surface area contributed by atoms with Gasteiger partial charge in [0, 0.05) is 5.56 Å². The molecule has 0 radical (unpaired) electrons. The van der Waals surface area contributed by atoms with Crippen LogP contribution in [0.15, 0.2) is 57.7 Å². The smallest absolute Gasteiger partial charge is 0.267 e. The molecule has 0 spiro atoms. The number of amides is 1. The van der Waals surface area contributed by atoms with Crippen LogP contribution in [0.25, 0.3) is 22.3 Å². The number of aryl methyl sites for hydroxylation is 1. The lowest BCUT2D eigenvalue weighted by molar-refractivity contribution is -0.122. The quantitative estimate of drug-likeness (QED) is 0.393. The van der Waals surface area contributed by atoms with Gasteiger partial charge in [0.1, 0.15) is 10.6 Å². The highest BCUT2D eigenvalue weighted by atomic mass is 35.5. The lowest BCUT2D eigenvalue weighted by Gasteiger charge is -2.18. The molecule has 2 heterocycles. The average Bonchev–Trinajstić information content (AvgIpc) is 3.26. The largest absolute Gasteiger partial charge is 0.473 e. The molecule has 0 aliphatic heterocycles. The molecule has 1 unspecified atom stereocenters. The SMILES string of the molecule is CCc1nnc(NC(=O)C(CC)Oc2c(-c3ccccc3Cl)oc3ccccc3c2=O)s1. The van der Waals surface area contributed by atoms with Crippen LogP contribution >= 0.6 is 22.9 Å². The van der Waals surface area contributed by atoms with Crippen molar-refractivity contribution in [2.75, 3.05) is 5.32 Å². The zero-order chi connectivity index (χ0) is 22.7. The molecule has 1 amide bonds. The summed E-state index contributed by atoms with van der Waals surface area (Å²) in [6.45, 7) is 3.75. The maximum Gasteiger partial charge on any atom is 0.267 e. The number of carbonyl (C=O) groups excluding carboxylic acids is 1. The molecule has 0 bridgehead atoms. The molecule has 7 nitrogen and oxygen atoms in total. The third-order valence-corrected chi connectivity index (χ3v) is 6.11. The van der Waals surface area contributed by atoms with Crippen molar-refractivity contribution >= 4 is 44.9 Å². The molecule has 0 saturated carbocycles. The maximum atomic E-state index is 13.3. The Kier molecular flexibility index (Phi) is 6.53. The molecule has 1 N–H and O–H groups in total. The van der Waals surface area contributed by atoms with Crippen LogP contribution in [-0.4, -0.2) is 22.2 Å². The zero-order valence-electron chi connectivity index (χ0n) is 17.4. The maximum absolute atomic E-state index is 13.3. The molecular formula is C23H20ClN3O4S. The minimum absolute atomic E-state index is 0.0645. The Morgan fingerprint density at radius 3 is 2.62 bits per heavy atom. The van der Waals surface area contributed by atoms with Crippen LogP contribution in [-0.2, 0) is 11.2 Å². The number of aromatic nitrogens is 2. The predicted molar refractivity (Wildman–Crippen MR) is 126 cm³/mol. The standard InChI is InChI=1S/C23H20ClN3O4S/c1-3-16(22(29)25-23-27-26-18(4-2)32-23)30-21-19(28)14-10-6-8-12-17(14)31-20(21)13-9-5-7-11-15(13)24/h5-12,16H,3-4H2,1-2H3,(H,25,27,29). The van der Waals surface area contributed by atoms with Crippen molar-refractivity contribution in [3.05, 3.63) is 68.8 Å². The Morgan fingerprint density at radius 2 is 1.91 bits per heavy atom. The molecule has 4 aromatic rings. The third-order valence-electron chi connectivity index (χ3n) is 4.80. The van der Waals surface area contributed by atoms with E-state index in [1.165, 1.54) is 11.3 Å². The Hall–Kier alpha value is -3.23. The average molecular weight is 470 g/mol. The fraction of sp³-hybridized carbons (Fsp3) is 0.217. The molecule has 32 heavy (non-hydrogen) atoms. The number of para-hydroxylation sites is 1. The van der Waals surface area contributed by atoms with Gasteiger partial charge in [-0.25, -0.2) is 0 Å². The van der Waals surface area contributed by atoms with E-state index >= 15 is 0 Å². The molecule has 164 valence electrons. The lowest BCUT2D eigenvalue weighted by Crippen LogP contribution is -2.34. The number of carbonyl (C=O) groups is 1. The highest BCUT2D eigenvalue weighted by molar-refractivity contribution is 7.15. The van der Waals surface area contributed by atoms with E-state index in [1.807, 2.05) is 6.92 Å². The van der Waals surface area contributed by atoms with Gasteiger partial charge in [-0.05, 0) is 37.1 Å². The molecular weight excluding hydrogens is 450 g/mol. The highest BCUT2D eigenvalue weighted by Crippen LogP contribution is 2.35. The van der Waals surface area contributed by atoms with Crippen molar-refractivity contribution < 1.29 is 13.9 Å². The number of nitrogens with one attached hydrogen (secondary N) is 1. The summed E-state index contributed by atoms with van der Waals surface area (Å²) >= 11 is 7.67. The fourth-order valence-electron chi connectivity index (χ4n) is 3.15. The number of hydrogen-bond donors (Lipinski definition) is 1. The van der Waals surface area contributed by atoms with Gasteiger partial charge in [-0.3, -0.25) is 14.9 Å². The molecule has 0 aliphatic rings. The molecule has 2 aromatic carbocycles. The van der Waals surface area contributed by atoms with Crippen molar-refractivity contribution in [2.24, 2.45) is 0 Å². The summed E-state index contributed by atoms with van der Waals surface area (Å²) in [5.74, 6) is -0.316.